The summed E-state index contributed by atoms with van der Waals surface area (Å²) in [5, 5.41) is 7.79. The Morgan fingerprint density at radius 1 is 1.22 bits per heavy atom. The van der Waals surface area contributed by atoms with Gasteiger partial charge in [0.15, 0.2) is 0 Å². The molecule has 0 aliphatic carbocycles. The van der Waals surface area contributed by atoms with Crippen molar-refractivity contribution >= 4 is 28.8 Å². The molecule has 0 fully saturated rings. The van der Waals surface area contributed by atoms with Crippen LogP contribution in [0.5, 0.6) is 0 Å². The van der Waals surface area contributed by atoms with Crippen LogP contribution in [0.3, 0.4) is 0 Å². The molecule has 0 radical (unpaired) electrons. The van der Waals surface area contributed by atoms with Crippen molar-refractivity contribution in [3.63, 3.8) is 0 Å². The van der Waals surface area contributed by atoms with Crippen molar-refractivity contribution in [2.75, 3.05) is 5.73 Å². The minimum atomic E-state index is 0.565. The van der Waals surface area contributed by atoms with Crippen LogP contribution in [0.1, 0.15) is 0 Å². The molecule has 0 aliphatic rings. The number of rotatable bonds is 2. The number of hydrogen-bond donors (Lipinski definition) is 1. The van der Waals surface area contributed by atoms with E-state index >= 15 is 0 Å². The van der Waals surface area contributed by atoms with Crippen molar-refractivity contribution in [3.8, 4) is 16.4 Å². The molecule has 1 aromatic carbocycles. The standard InChI is InChI=1S/C12H9ClN4S/c13-9-3-1-8(2-4-9)10-7-11(14)17(16-10)12-15-5-6-18-12/h1-7H,14H2. The van der Waals surface area contributed by atoms with Crippen LogP contribution in [-0.2, 0) is 0 Å². The third-order valence-corrected chi connectivity index (χ3v) is 3.48. The lowest BCUT2D eigenvalue weighted by Gasteiger charge is -1.97. The minimum Gasteiger partial charge on any atom is -0.383 e. The minimum absolute atomic E-state index is 0.565. The number of aromatic nitrogens is 3. The zero-order chi connectivity index (χ0) is 12.5. The summed E-state index contributed by atoms with van der Waals surface area (Å²) >= 11 is 7.35. The maximum atomic E-state index is 5.94. The third-order valence-electron chi connectivity index (χ3n) is 2.48. The number of thiazole rings is 1. The second kappa shape index (κ2) is 4.44. The molecule has 0 spiro atoms. The Kier molecular flexibility index (Phi) is 2.77. The van der Waals surface area contributed by atoms with Crippen molar-refractivity contribution in [3.05, 3.63) is 46.9 Å². The molecule has 0 amide bonds. The molecule has 3 rings (SSSR count). The molecule has 0 aliphatic heterocycles. The monoisotopic (exact) mass is 276 g/mol. The quantitative estimate of drug-likeness (QED) is 0.782. The van der Waals surface area contributed by atoms with Gasteiger partial charge in [0, 0.05) is 28.2 Å². The summed E-state index contributed by atoms with van der Waals surface area (Å²) in [4.78, 5) is 4.19. The van der Waals surface area contributed by atoms with E-state index in [2.05, 4.69) is 10.1 Å². The molecule has 0 bridgehead atoms. The highest BCUT2D eigenvalue weighted by Gasteiger charge is 2.10. The Labute approximate surface area is 113 Å². The number of benzene rings is 1. The molecule has 90 valence electrons. The lowest BCUT2D eigenvalue weighted by Crippen LogP contribution is -2.00. The maximum absolute atomic E-state index is 5.94. The summed E-state index contributed by atoms with van der Waals surface area (Å²) in [7, 11) is 0. The molecular formula is C12H9ClN4S. The van der Waals surface area contributed by atoms with E-state index in [0.717, 1.165) is 16.4 Å². The molecule has 6 heteroatoms. The summed E-state index contributed by atoms with van der Waals surface area (Å²) in [5.74, 6) is 0.565. The van der Waals surface area contributed by atoms with Gasteiger partial charge in [-0.05, 0) is 12.1 Å². The van der Waals surface area contributed by atoms with E-state index in [1.807, 2.05) is 35.7 Å². The molecule has 0 unspecified atom stereocenters. The van der Waals surface area contributed by atoms with E-state index in [0.29, 0.717) is 10.8 Å². The summed E-state index contributed by atoms with van der Waals surface area (Å²) in [6, 6.07) is 9.31. The van der Waals surface area contributed by atoms with Crippen LogP contribution in [0, 0.1) is 0 Å². The van der Waals surface area contributed by atoms with Crippen LogP contribution < -0.4 is 5.73 Å². The molecule has 0 atom stereocenters. The van der Waals surface area contributed by atoms with Gasteiger partial charge in [0.05, 0.1) is 5.69 Å². The van der Waals surface area contributed by atoms with Crippen LogP contribution in [0.15, 0.2) is 41.9 Å². The summed E-state index contributed by atoms with van der Waals surface area (Å²) in [5.41, 5.74) is 7.72. The van der Waals surface area contributed by atoms with Crippen LogP contribution in [0.4, 0.5) is 5.82 Å². The number of nitrogens with zero attached hydrogens (tertiary/aromatic N) is 3. The summed E-state index contributed by atoms with van der Waals surface area (Å²) in [6.45, 7) is 0. The van der Waals surface area contributed by atoms with E-state index < -0.39 is 0 Å². The topological polar surface area (TPSA) is 56.7 Å². The van der Waals surface area contributed by atoms with Gasteiger partial charge in [-0.1, -0.05) is 23.7 Å². The van der Waals surface area contributed by atoms with Crippen molar-refractivity contribution in [2.24, 2.45) is 0 Å². The number of anilines is 1. The van der Waals surface area contributed by atoms with Gasteiger partial charge in [-0.3, -0.25) is 0 Å². The average Bonchev–Trinajstić information content (AvgIpc) is 2.99. The Hall–Kier alpha value is -1.85. The van der Waals surface area contributed by atoms with E-state index in [1.54, 1.807) is 10.9 Å². The van der Waals surface area contributed by atoms with E-state index in [4.69, 9.17) is 17.3 Å². The maximum Gasteiger partial charge on any atom is 0.212 e. The number of hydrogen-bond acceptors (Lipinski definition) is 4. The van der Waals surface area contributed by atoms with Crippen molar-refractivity contribution < 1.29 is 0 Å². The first-order valence-corrected chi connectivity index (χ1v) is 6.51. The second-order valence-corrected chi connectivity index (χ2v) is 5.00. The SMILES string of the molecule is Nc1cc(-c2ccc(Cl)cc2)nn1-c1nccs1. The Balaban J connectivity index is 2.05. The highest BCUT2D eigenvalue weighted by molar-refractivity contribution is 7.12. The first-order valence-electron chi connectivity index (χ1n) is 5.25. The predicted molar refractivity (Wildman–Crippen MR) is 74.1 cm³/mol. The first kappa shape index (κ1) is 11.3. The highest BCUT2D eigenvalue weighted by Crippen LogP contribution is 2.24. The van der Waals surface area contributed by atoms with Gasteiger partial charge in [0.2, 0.25) is 5.13 Å². The highest BCUT2D eigenvalue weighted by atomic mass is 35.5. The van der Waals surface area contributed by atoms with Crippen LogP contribution >= 0.6 is 22.9 Å². The van der Waals surface area contributed by atoms with Gasteiger partial charge in [0.25, 0.3) is 0 Å². The summed E-state index contributed by atoms with van der Waals surface area (Å²) < 4.78 is 1.63. The smallest absolute Gasteiger partial charge is 0.212 e. The molecular weight excluding hydrogens is 268 g/mol. The molecule has 18 heavy (non-hydrogen) atoms. The predicted octanol–water partition coefficient (Wildman–Crippen LogP) is 3.23. The number of nitrogen functional groups attached to an aromatic ring is 1. The first-order chi connectivity index (χ1) is 8.74. The van der Waals surface area contributed by atoms with Crippen LogP contribution in [0.25, 0.3) is 16.4 Å². The van der Waals surface area contributed by atoms with E-state index in [-0.39, 0.29) is 0 Å². The van der Waals surface area contributed by atoms with Gasteiger partial charge in [0.1, 0.15) is 5.82 Å². The van der Waals surface area contributed by atoms with Crippen molar-refractivity contribution in [1.82, 2.24) is 14.8 Å². The van der Waals surface area contributed by atoms with Crippen molar-refractivity contribution in [2.45, 2.75) is 0 Å². The fourth-order valence-electron chi connectivity index (χ4n) is 1.63. The normalized spacial score (nSPS) is 10.7. The zero-order valence-corrected chi connectivity index (χ0v) is 10.8. The molecule has 3 aromatic rings. The van der Waals surface area contributed by atoms with Gasteiger partial charge in [-0.2, -0.15) is 9.78 Å². The lowest BCUT2D eigenvalue weighted by molar-refractivity contribution is 0.884. The third kappa shape index (κ3) is 1.98. The summed E-state index contributed by atoms with van der Waals surface area (Å²) in [6.07, 6.45) is 1.73. The number of halogens is 1. The van der Waals surface area contributed by atoms with Gasteiger partial charge in [-0.25, -0.2) is 4.98 Å². The van der Waals surface area contributed by atoms with Gasteiger partial charge < -0.3 is 5.73 Å². The Morgan fingerprint density at radius 3 is 2.67 bits per heavy atom. The largest absolute Gasteiger partial charge is 0.383 e. The molecule has 0 saturated heterocycles. The fourth-order valence-corrected chi connectivity index (χ4v) is 2.37. The average molecular weight is 277 g/mol. The van der Waals surface area contributed by atoms with E-state index in [9.17, 15) is 0 Å². The van der Waals surface area contributed by atoms with Crippen LogP contribution in [-0.4, -0.2) is 14.8 Å². The van der Waals surface area contributed by atoms with Crippen LogP contribution in [0.2, 0.25) is 5.02 Å². The Bertz CT molecular complexity index is 658. The van der Waals surface area contributed by atoms with E-state index in [1.165, 1.54) is 11.3 Å². The zero-order valence-electron chi connectivity index (χ0n) is 9.25. The Morgan fingerprint density at radius 2 is 2.00 bits per heavy atom. The fraction of sp³-hybridized carbons (Fsp3) is 0. The molecule has 2 heterocycles. The van der Waals surface area contributed by atoms with Gasteiger partial charge >= 0.3 is 0 Å². The number of nitrogens with two attached hydrogens (primary N) is 1. The van der Waals surface area contributed by atoms with Crippen molar-refractivity contribution in [1.29, 1.82) is 0 Å². The molecule has 4 nitrogen and oxygen atoms in total. The molecule has 2 aromatic heterocycles. The lowest BCUT2D eigenvalue weighted by atomic mass is 10.1. The molecule has 2 N–H and O–H groups in total. The molecule has 0 saturated carbocycles. The second-order valence-electron chi connectivity index (χ2n) is 3.69. The van der Waals surface area contributed by atoms with Gasteiger partial charge in [-0.15, -0.1) is 11.3 Å².